The van der Waals surface area contributed by atoms with E-state index in [2.05, 4.69) is 15.6 Å². The average Bonchev–Trinajstić information content (AvgIpc) is 3.00. The second kappa shape index (κ2) is 8.19. The molecule has 0 unspecified atom stereocenters. The maximum atomic E-state index is 12.5. The van der Waals surface area contributed by atoms with Crippen LogP contribution >= 0.6 is 23.4 Å². The van der Waals surface area contributed by atoms with Gasteiger partial charge in [0.2, 0.25) is 5.16 Å². The molecule has 0 spiro atoms. The third-order valence-corrected chi connectivity index (χ3v) is 4.94. The molecular weight excluding hydrogens is 390 g/mol. The number of aromatic nitrogens is 3. The highest BCUT2D eigenvalue weighted by molar-refractivity contribution is 7.98. The Hall–Kier alpha value is -2.91. The lowest BCUT2D eigenvalue weighted by Crippen LogP contribution is -2.24. The van der Waals surface area contributed by atoms with Gasteiger partial charge in [0, 0.05) is 17.4 Å². The standard InChI is InChI=1S/C17H14ClN5O3S/c1-11-19-20-17(27-10-12-5-3-2-4-6-12)22(11)21-16(24)13-7-8-14(18)15(9-13)23(25)26/h2-9H,10H2,1H3,(H,21,24). The van der Waals surface area contributed by atoms with Crippen LogP contribution in [0, 0.1) is 17.0 Å². The first-order chi connectivity index (χ1) is 13.0. The van der Waals surface area contributed by atoms with Gasteiger partial charge in [-0.05, 0) is 24.6 Å². The molecule has 0 saturated heterocycles. The summed E-state index contributed by atoms with van der Waals surface area (Å²) in [5.74, 6) is 0.614. The van der Waals surface area contributed by atoms with Crippen LogP contribution in [0.2, 0.25) is 5.02 Å². The molecule has 3 rings (SSSR count). The molecule has 3 aromatic rings. The van der Waals surface area contributed by atoms with E-state index in [1.807, 2.05) is 30.3 Å². The summed E-state index contributed by atoms with van der Waals surface area (Å²) >= 11 is 7.20. The van der Waals surface area contributed by atoms with Gasteiger partial charge in [-0.25, -0.2) is 4.68 Å². The minimum Gasteiger partial charge on any atom is -0.267 e. The Labute approximate surface area is 163 Å². The van der Waals surface area contributed by atoms with Gasteiger partial charge in [0.25, 0.3) is 11.6 Å². The van der Waals surface area contributed by atoms with E-state index in [1.54, 1.807) is 6.92 Å². The molecule has 0 atom stereocenters. The van der Waals surface area contributed by atoms with Crippen molar-refractivity contribution in [1.29, 1.82) is 0 Å². The van der Waals surface area contributed by atoms with Crippen LogP contribution in [-0.4, -0.2) is 25.7 Å². The predicted molar refractivity (Wildman–Crippen MR) is 103 cm³/mol. The van der Waals surface area contributed by atoms with Crippen molar-refractivity contribution >= 4 is 35.0 Å². The van der Waals surface area contributed by atoms with Gasteiger partial charge in [-0.3, -0.25) is 20.3 Å². The first kappa shape index (κ1) is 18.9. The molecule has 1 aromatic heterocycles. The van der Waals surface area contributed by atoms with E-state index < -0.39 is 10.8 Å². The summed E-state index contributed by atoms with van der Waals surface area (Å²) in [6.07, 6.45) is 0. The number of amides is 1. The highest BCUT2D eigenvalue weighted by Crippen LogP contribution is 2.25. The number of nitrogens with one attached hydrogen (secondary N) is 1. The summed E-state index contributed by atoms with van der Waals surface area (Å²) in [5, 5.41) is 19.5. The fourth-order valence-corrected chi connectivity index (χ4v) is 3.33. The Morgan fingerprint density at radius 2 is 2.00 bits per heavy atom. The zero-order chi connectivity index (χ0) is 19.4. The van der Waals surface area contributed by atoms with Crippen LogP contribution in [0.3, 0.4) is 0 Å². The Balaban J connectivity index is 1.77. The lowest BCUT2D eigenvalue weighted by molar-refractivity contribution is -0.384. The Kier molecular flexibility index (Phi) is 5.72. The summed E-state index contributed by atoms with van der Waals surface area (Å²) in [4.78, 5) is 22.9. The topological polar surface area (TPSA) is 103 Å². The Bertz CT molecular complexity index is 993. The third-order valence-electron chi connectivity index (χ3n) is 3.62. The minimum atomic E-state index is -0.635. The lowest BCUT2D eigenvalue weighted by Gasteiger charge is -2.10. The number of nitro benzene ring substituents is 1. The molecule has 138 valence electrons. The first-order valence-electron chi connectivity index (χ1n) is 7.79. The maximum Gasteiger partial charge on any atom is 0.288 e. The number of hydrogen-bond acceptors (Lipinski definition) is 6. The largest absolute Gasteiger partial charge is 0.288 e. The van der Waals surface area contributed by atoms with Crippen LogP contribution in [0.15, 0.2) is 53.7 Å². The number of carbonyl (C=O) groups excluding carboxylic acids is 1. The predicted octanol–water partition coefficient (Wildman–Crippen LogP) is 3.82. The van der Waals surface area contributed by atoms with E-state index in [0.717, 1.165) is 11.6 Å². The smallest absolute Gasteiger partial charge is 0.267 e. The van der Waals surface area contributed by atoms with Gasteiger partial charge in [0.15, 0.2) is 0 Å². The molecule has 0 fully saturated rings. The Morgan fingerprint density at radius 1 is 1.26 bits per heavy atom. The summed E-state index contributed by atoms with van der Waals surface area (Å²) in [5.41, 5.74) is 3.55. The lowest BCUT2D eigenvalue weighted by atomic mass is 10.2. The van der Waals surface area contributed by atoms with Crippen LogP contribution in [0.5, 0.6) is 0 Å². The molecule has 1 amide bonds. The van der Waals surface area contributed by atoms with E-state index >= 15 is 0 Å². The molecule has 8 nitrogen and oxygen atoms in total. The van der Waals surface area contributed by atoms with Gasteiger partial charge in [0.05, 0.1) is 4.92 Å². The molecular formula is C17H14ClN5O3S. The fourth-order valence-electron chi connectivity index (χ4n) is 2.25. The number of nitro groups is 1. The molecule has 1 heterocycles. The van der Waals surface area contributed by atoms with E-state index in [4.69, 9.17) is 11.6 Å². The number of aryl methyl sites for hydroxylation is 1. The highest BCUT2D eigenvalue weighted by Gasteiger charge is 2.18. The number of benzene rings is 2. The van der Waals surface area contributed by atoms with E-state index in [-0.39, 0.29) is 16.3 Å². The van der Waals surface area contributed by atoms with Crippen molar-refractivity contribution in [3.63, 3.8) is 0 Å². The van der Waals surface area contributed by atoms with Crippen LogP contribution in [0.25, 0.3) is 0 Å². The SMILES string of the molecule is Cc1nnc(SCc2ccccc2)n1NC(=O)c1ccc(Cl)c([N+](=O)[O-])c1. The molecule has 1 N–H and O–H groups in total. The molecule has 0 bridgehead atoms. The average molecular weight is 404 g/mol. The fraction of sp³-hybridized carbons (Fsp3) is 0.118. The molecule has 0 aliphatic rings. The number of thioether (sulfide) groups is 1. The van der Waals surface area contributed by atoms with Crippen molar-refractivity contribution in [3.05, 3.63) is 80.6 Å². The van der Waals surface area contributed by atoms with Gasteiger partial charge in [0.1, 0.15) is 10.8 Å². The number of rotatable bonds is 6. The van der Waals surface area contributed by atoms with Crippen molar-refractivity contribution in [2.24, 2.45) is 0 Å². The molecule has 0 aliphatic carbocycles. The zero-order valence-electron chi connectivity index (χ0n) is 14.1. The molecule has 0 aliphatic heterocycles. The van der Waals surface area contributed by atoms with Crippen LogP contribution < -0.4 is 5.43 Å². The van der Waals surface area contributed by atoms with Crippen molar-refractivity contribution in [2.75, 3.05) is 5.43 Å². The van der Waals surface area contributed by atoms with Crippen molar-refractivity contribution in [3.8, 4) is 0 Å². The summed E-state index contributed by atoms with van der Waals surface area (Å²) in [6, 6.07) is 13.7. The summed E-state index contributed by atoms with van der Waals surface area (Å²) < 4.78 is 1.45. The zero-order valence-corrected chi connectivity index (χ0v) is 15.7. The summed E-state index contributed by atoms with van der Waals surface area (Å²) in [6.45, 7) is 1.70. The highest BCUT2D eigenvalue weighted by atomic mass is 35.5. The normalized spacial score (nSPS) is 10.6. The molecule has 2 aromatic carbocycles. The molecule has 27 heavy (non-hydrogen) atoms. The van der Waals surface area contributed by atoms with Gasteiger partial charge in [-0.2, -0.15) is 0 Å². The second-order valence-corrected chi connectivity index (χ2v) is 6.85. The molecule has 10 heteroatoms. The van der Waals surface area contributed by atoms with Gasteiger partial charge in [-0.15, -0.1) is 10.2 Å². The number of halogens is 1. The number of nitrogens with zero attached hydrogens (tertiary/aromatic N) is 4. The van der Waals surface area contributed by atoms with Crippen molar-refractivity contribution < 1.29 is 9.72 Å². The minimum absolute atomic E-state index is 0.0314. The number of hydrogen-bond donors (Lipinski definition) is 1. The Morgan fingerprint density at radius 3 is 2.70 bits per heavy atom. The summed E-state index contributed by atoms with van der Waals surface area (Å²) in [7, 11) is 0. The quantitative estimate of drug-likeness (QED) is 0.381. The van der Waals surface area contributed by atoms with E-state index in [0.29, 0.717) is 16.7 Å². The van der Waals surface area contributed by atoms with E-state index in [1.165, 1.54) is 28.6 Å². The number of carbonyl (C=O) groups is 1. The molecule has 0 saturated carbocycles. The maximum absolute atomic E-state index is 12.5. The van der Waals surface area contributed by atoms with Crippen LogP contribution in [0.4, 0.5) is 5.69 Å². The third kappa shape index (κ3) is 4.44. The van der Waals surface area contributed by atoms with Gasteiger partial charge >= 0.3 is 0 Å². The van der Waals surface area contributed by atoms with Gasteiger partial charge in [-0.1, -0.05) is 53.7 Å². The second-order valence-electron chi connectivity index (χ2n) is 5.50. The van der Waals surface area contributed by atoms with Crippen LogP contribution in [-0.2, 0) is 5.75 Å². The molecule has 0 radical (unpaired) electrons. The monoisotopic (exact) mass is 403 g/mol. The first-order valence-corrected chi connectivity index (χ1v) is 9.16. The van der Waals surface area contributed by atoms with Gasteiger partial charge < -0.3 is 0 Å². The van der Waals surface area contributed by atoms with Crippen molar-refractivity contribution in [1.82, 2.24) is 14.9 Å². The van der Waals surface area contributed by atoms with E-state index in [9.17, 15) is 14.9 Å². The van der Waals surface area contributed by atoms with Crippen LogP contribution in [0.1, 0.15) is 21.7 Å². The van der Waals surface area contributed by atoms with Crippen molar-refractivity contribution in [2.45, 2.75) is 17.8 Å².